The molecule has 7 heteroatoms. The van der Waals surface area contributed by atoms with Gasteiger partial charge in [-0.15, -0.1) is 11.6 Å². The van der Waals surface area contributed by atoms with Crippen LogP contribution in [0.25, 0.3) is 0 Å². The fraction of sp³-hybridized carbons (Fsp3) is 0.500. The van der Waals surface area contributed by atoms with E-state index in [1.54, 1.807) is 28.0 Å². The number of ether oxygens (including phenoxy) is 1. The number of hydrogen-bond donors (Lipinski definition) is 0. The third kappa shape index (κ3) is 4.52. The van der Waals surface area contributed by atoms with Gasteiger partial charge in [0.2, 0.25) is 5.91 Å². The van der Waals surface area contributed by atoms with Crippen LogP contribution in [0.3, 0.4) is 0 Å². The molecule has 2 rings (SSSR count). The Kier molecular flexibility index (Phi) is 6.54. The highest BCUT2D eigenvalue weighted by Gasteiger charge is 2.26. The maximum Gasteiger partial charge on any atom is 0.257 e. The molecule has 1 aliphatic heterocycles. The number of benzene rings is 1. The summed E-state index contributed by atoms with van der Waals surface area (Å²) in [5.74, 6) is 0.953. The second kappa shape index (κ2) is 8.41. The van der Waals surface area contributed by atoms with E-state index in [1.807, 2.05) is 0 Å². The molecule has 0 N–H and O–H groups in total. The maximum atomic E-state index is 12.6. The summed E-state index contributed by atoms with van der Waals surface area (Å²) in [6.07, 6.45) is 1.14. The summed E-state index contributed by atoms with van der Waals surface area (Å²) in [7, 11) is 1.52. The summed E-state index contributed by atoms with van der Waals surface area (Å²) in [4.78, 5) is 28.1. The van der Waals surface area contributed by atoms with Gasteiger partial charge in [0.1, 0.15) is 5.75 Å². The molecule has 1 fully saturated rings. The highest BCUT2D eigenvalue weighted by molar-refractivity contribution is 6.31. The predicted molar refractivity (Wildman–Crippen MR) is 90.4 cm³/mol. The molecule has 0 spiro atoms. The average molecular weight is 359 g/mol. The van der Waals surface area contributed by atoms with Crippen LogP contribution in [0.2, 0.25) is 5.02 Å². The van der Waals surface area contributed by atoms with Crippen molar-refractivity contribution < 1.29 is 14.3 Å². The van der Waals surface area contributed by atoms with Gasteiger partial charge in [0.15, 0.2) is 0 Å². The minimum absolute atomic E-state index is 0.0954. The van der Waals surface area contributed by atoms with Crippen molar-refractivity contribution in [1.29, 1.82) is 0 Å². The van der Waals surface area contributed by atoms with Crippen molar-refractivity contribution >= 4 is 35.0 Å². The van der Waals surface area contributed by atoms with Crippen molar-refractivity contribution in [3.63, 3.8) is 0 Å². The van der Waals surface area contributed by atoms with E-state index in [4.69, 9.17) is 27.9 Å². The van der Waals surface area contributed by atoms with Crippen LogP contribution >= 0.6 is 23.2 Å². The van der Waals surface area contributed by atoms with Crippen molar-refractivity contribution in [2.24, 2.45) is 0 Å². The Morgan fingerprint density at radius 1 is 1.17 bits per heavy atom. The molecule has 1 saturated heterocycles. The van der Waals surface area contributed by atoms with Crippen LogP contribution in [-0.2, 0) is 4.79 Å². The normalized spacial score (nSPS) is 14.7. The summed E-state index contributed by atoms with van der Waals surface area (Å²) in [6.45, 7) is 2.08. The van der Waals surface area contributed by atoms with Crippen LogP contribution < -0.4 is 4.74 Å². The number of rotatable bonds is 5. The minimum Gasteiger partial charge on any atom is -0.496 e. The molecule has 1 heterocycles. The number of hydrogen-bond acceptors (Lipinski definition) is 3. The van der Waals surface area contributed by atoms with Crippen molar-refractivity contribution in [3.8, 4) is 5.75 Å². The van der Waals surface area contributed by atoms with Crippen LogP contribution in [0.15, 0.2) is 18.2 Å². The molecule has 0 radical (unpaired) electrons. The van der Waals surface area contributed by atoms with Gasteiger partial charge in [0.05, 0.1) is 12.7 Å². The SMILES string of the molecule is COc1ccc(Cl)cc1C(=O)N1CCN(C(=O)CCCCl)CC1. The fourth-order valence-electron chi connectivity index (χ4n) is 2.55. The summed E-state index contributed by atoms with van der Waals surface area (Å²) in [6, 6.07) is 4.98. The molecular formula is C16H20Cl2N2O3. The molecule has 0 unspecified atom stereocenters. The highest BCUT2D eigenvalue weighted by atomic mass is 35.5. The Morgan fingerprint density at radius 2 is 1.83 bits per heavy atom. The van der Waals surface area contributed by atoms with Gasteiger partial charge in [-0.1, -0.05) is 11.6 Å². The number of halogens is 2. The summed E-state index contributed by atoms with van der Waals surface area (Å²) >= 11 is 11.6. The van der Waals surface area contributed by atoms with Gasteiger partial charge in [0, 0.05) is 43.5 Å². The molecule has 1 aromatic carbocycles. The first-order valence-electron chi connectivity index (χ1n) is 7.53. The van der Waals surface area contributed by atoms with Gasteiger partial charge in [-0.25, -0.2) is 0 Å². The van der Waals surface area contributed by atoms with Crippen LogP contribution in [0.5, 0.6) is 5.75 Å². The average Bonchev–Trinajstić information content (AvgIpc) is 2.59. The summed E-state index contributed by atoms with van der Waals surface area (Å²) < 4.78 is 5.23. The van der Waals surface area contributed by atoms with E-state index in [0.29, 0.717) is 61.2 Å². The van der Waals surface area contributed by atoms with Gasteiger partial charge in [-0.2, -0.15) is 0 Å². The number of alkyl halides is 1. The molecule has 5 nitrogen and oxygen atoms in total. The van der Waals surface area contributed by atoms with E-state index < -0.39 is 0 Å². The van der Waals surface area contributed by atoms with Crippen molar-refractivity contribution in [1.82, 2.24) is 9.80 Å². The number of carbonyl (C=O) groups is 2. The molecule has 2 amide bonds. The third-order valence-electron chi connectivity index (χ3n) is 3.84. The molecular weight excluding hydrogens is 339 g/mol. The number of methoxy groups -OCH3 is 1. The highest BCUT2D eigenvalue weighted by Crippen LogP contribution is 2.24. The van der Waals surface area contributed by atoms with Crippen molar-refractivity contribution in [2.75, 3.05) is 39.2 Å². The quantitative estimate of drug-likeness (QED) is 0.760. The molecule has 0 bridgehead atoms. The largest absolute Gasteiger partial charge is 0.496 e. The Morgan fingerprint density at radius 3 is 2.43 bits per heavy atom. The van der Waals surface area contributed by atoms with E-state index in [-0.39, 0.29) is 11.8 Å². The monoisotopic (exact) mass is 358 g/mol. The van der Waals surface area contributed by atoms with Gasteiger partial charge >= 0.3 is 0 Å². The van der Waals surface area contributed by atoms with E-state index in [1.165, 1.54) is 7.11 Å². The Balaban J connectivity index is 1.99. The number of amides is 2. The van der Waals surface area contributed by atoms with Crippen LogP contribution in [0.1, 0.15) is 23.2 Å². The zero-order chi connectivity index (χ0) is 16.8. The zero-order valence-corrected chi connectivity index (χ0v) is 14.6. The summed E-state index contributed by atoms with van der Waals surface area (Å²) in [5.41, 5.74) is 0.446. The molecule has 1 aromatic rings. The Hall–Kier alpha value is -1.46. The lowest BCUT2D eigenvalue weighted by Gasteiger charge is -2.35. The first-order chi connectivity index (χ1) is 11.1. The smallest absolute Gasteiger partial charge is 0.257 e. The number of carbonyl (C=O) groups excluding carboxylic acids is 2. The lowest BCUT2D eigenvalue weighted by atomic mass is 10.1. The summed E-state index contributed by atoms with van der Waals surface area (Å²) in [5, 5.41) is 0.490. The molecule has 0 atom stereocenters. The van der Waals surface area contributed by atoms with Crippen molar-refractivity contribution in [3.05, 3.63) is 28.8 Å². The van der Waals surface area contributed by atoms with E-state index in [2.05, 4.69) is 0 Å². The van der Waals surface area contributed by atoms with E-state index in [9.17, 15) is 9.59 Å². The lowest BCUT2D eigenvalue weighted by Crippen LogP contribution is -2.50. The molecule has 0 saturated carbocycles. The van der Waals surface area contributed by atoms with E-state index >= 15 is 0 Å². The molecule has 23 heavy (non-hydrogen) atoms. The first kappa shape index (κ1) is 17.9. The fourth-order valence-corrected chi connectivity index (χ4v) is 2.86. The van der Waals surface area contributed by atoms with Crippen LogP contribution in [0, 0.1) is 0 Å². The van der Waals surface area contributed by atoms with Crippen molar-refractivity contribution in [2.45, 2.75) is 12.8 Å². The second-order valence-electron chi connectivity index (χ2n) is 5.31. The number of nitrogens with zero attached hydrogens (tertiary/aromatic N) is 2. The van der Waals surface area contributed by atoms with Gasteiger partial charge < -0.3 is 14.5 Å². The molecule has 126 valence electrons. The van der Waals surface area contributed by atoms with E-state index in [0.717, 1.165) is 0 Å². The Bertz CT molecular complexity index is 572. The predicted octanol–water partition coefficient (Wildman–Crippen LogP) is 2.65. The standard InChI is InChI=1S/C16H20Cl2N2O3/c1-23-14-5-4-12(18)11-13(14)16(22)20-9-7-19(8-10-20)15(21)3-2-6-17/h4-5,11H,2-3,6-10H2,1H3. The molecule has 0 aromatic heterocycles. The number of piperazine rings is 1. The van der Waals surface area contributed by atoms with Gasteiger partial charge in [-0.05, 0) is 24.6 Å². The topological polar surface area (TPSA) is 49.9 Å². The molecule has 0 aliphatic carbocycles. The Labute approximate surface area is 146 Å². The maximum absolute atomic E-state index is 12.6. The zero-order valence-electron chi connectivity index (χ0n) is 13.1. The second-order valence-corrected chi connectivity index (χ2v) is 6.12. The van der Waals surface area contributed by atoms with Gasteiger partial charge in [0.25, 0.3) is 5.91 Å². The van der Waals surface area contributed by atoms with Gasteiger partial charge in [-0.3, -0.25) is 9.59 Å². The molecule has 1 aliphatic rings. The first-order valence-corrected chi connectivity index (χ1v) is 8.44. The third-order valence-corrected chi connectivity index (χ3v) is 4.34. The lowest BCUT2D eigenvalue weighted by molar-refractivity contribution is -0.132. The van der Waals surface area contributed by atoms with Crippen LogP contribution in [0.4, 0.5) is 0 Å². The minimum atomic E-state index is -0.128. The van der Waals surface area contributed by atoms with Crippen LogP contribution in [-0.4, -0.2) is 60.8 Å².